The molecule has 16 heavy (non-hydrogen) atoms. The van der Waals surface area contributed by atoms with Gasteiger partial charge in [0.05, 0.1) is 0 Å². The molecule has 0 saturated heterocycles. The van der Waals surface area contributed by atoms with Gasteiger partial charge in [0, 0.05) is 27.4 Å². The van der Waals surface area contributed by atoms with Gasteiger partial charge in [-0.2, -0.15) is 0 Å². The number of hydrogen-bond acceptors (Lipinski definition) is 3. The van der Waals surface area contributed by atoms with E-state index in [2.05, 4.69) is 13.8 Å². The molecule has 0 aliphatic heterocycles. The first-order valence-corrected chi connectivity index (χ1v) is 8.26. The first-order chi connectivity index (χ1) is 7.67. The summed E-state index contributed by atoms with van der Waals surface area (Å²) in [5, 5.41) is 0. The van der Waals surface area contributed by atoms with E-state index in [1.54, 1.807) is 21.3 Å². The van der Waals surface area contributed by atoms with Crippen LogP contribution in [0.25, 0.3) is 0 Å². The van der Waals surface area contributed by atoms with Gasteiger partial charge in [0.25, 0.3) is 0 Å². The Morgan fingerprint density at radius 1 is 0.938 bits per heavy atom. The second-order valence-corrected chi connectivity index (χ2v) is 7.34. The largest absolute Gasteiger partial charge is 0.500 e. The molecule has 98 valence electrons. The second kappa shape index (κ2) is 9.16. The zero-order chi connectivity index (χ0) is 12.4. The van der Waals surface area contributed by atoms with E-state index in [0.717, 1.165) is 18.4 Å². The molecule has 0 amide bonds. The van der Waals surface area contributed by atoms with Gasteiger partial charge in [-0.3, -0.25) is 0 Å². The predicted molar refractivity (Wildman–Crippen MR) is 69.5 cm³/mol. The molecule has 0 radical (unpaired) electrons. The molecule has 0 aromatic rings. The Bertz CT molecular complexity index is 152. The van der Waals surface area contributed by atoms with Crippen LogP contribution in [0.2, 0.25) is 6.04 Å². The predicted octanol–water partition coefficient (Wildman–Crippen LogP) is 3.47. The summed E-state index contributed by atoms with van der Waals surface area (Å²) in [5.74, 6) is 0.849. The second-order valence-electron chi connectivity index (χ2n) is 4.25. The summed E-state index contributed by atoms with van der Waals surface area (Å²) >= 11 is 0. The van der Waals surface area contributed by atoms with Crippen molar-refractivity contribution in [2.75, 3.05) is 21.3 Å². The van der Waals surface area contributed by atoms with E-state index in [0.29, 0.717) is 0 Å². The molecule has 1 atom stereocenters. The molecule has 0 aliphatic carbocycles. The van der Waals surface area contributed by atoms with E-state index in [1.165, 1.54) is 25.7 Å². The van der Waals surface area contributed by atoms with E-state index in [-0.39, 0.29) is 0 Å². The van der Waals surface area contributed by atoms with Crippen LogP contribution in [0.4, 0.5) is 0 Å². The van der Waals surface area contributed by atoms with Crippen molar-refractivity contribution in [3.63, 3.8) is 0 Å². The molecule has 0 rings (SSSR count). The molecule has 0 fully saturated rings. The highest BCUT2D eigenvalue weighted by atomic mass is 28.4. The van der Waals surface area contributed by atoms with Crippen molar-refractivity contribution < 1.29 is 13.3 Å². The lowest BCUT2D eigenvalue weighted by Gasteiger charge is -2.25. The number of hydrogen-bond donors (Lipinski definition) is 0. The van der Waals surface area contributed by atoms with Crippen molar-refractivity contribution >= 4 is 8.80 Å². The van der Waals surface area contributed by atoms with E-state index in [4.69, 9.17) is 13.3 Å². The van der Waals surface area contributed by atoms with Gasteiger partial charge in [-0.25, -0.2) is 0 Å². The maximum atomic E-state index is 5.41. The molecule has 0 aromatic heterocycles. The van der Waals surface area contributed by atoms with Crippen LogP contribution >= 0.6 is 0 Å². The van der Waals surface area contributed by atoms with Crippen LogP contribution in [0.15, 0.2) is 0 Å². The van der Waals surface area contributed by atoms with Crippen molar-refractivity contribution in [1.29, 1.82) is 0 Å². The quantitative estimate of drug-likeness (QED) is 0.554. The lowest BCUT2D eigenvalue weighted by Crippen LogP contribution is -2.42. The fourth-order valence-corrected chi connectivity index (χ4v) is 3.87. The molecule has 0 aliphatic rings. The molecular formula is C12H28O3Si. The average molecular weight is 248 g/mol. The summed E-state index contributed by atoms with van der Waals surface area (Å²) in [6, 6.07) is 0.927. The molecule has 0 aromatic carbocycles. The smallest absolute Gasteiger partial charge is 0.377 e. The molecule has 0 spiro atoms. The molecular weight excluding hydrogens is 220 g/mol. The minimum Gasteiger partial charge on any atom is -0.377 e. The van der Waals surface area contributed by atoms with Crippen molar-refractivity contribution in [2.24, 2.45) is 5.92 Å². The van der Waals surface area contributed by atoms with Gasteiger partial charge in [0.2, 0.25) is 0 Å². The van der Waals surface area contributed by atoms with Crippen molar-refractivity contribution in [3.05, 3.63) is 0 Å². The van der Waals surface area contributed by atoms with Gasteiger partial charge >= 0.3 is 8.80 Å². The third-order valence-corrected chi connectivity index (χ3v) is 6.13. The van der Waals surface area contributed by atoms with Crippen LogP contribution in [0.1, 0.15) is 46.0 Å². The zero-order valence-corrected chi connectivity index (χ0v) is 12.5. The van der Waals surface area contributed by atoms with Crippen molar-refractivity contribution in [1.82, 2.24) is 0 Å². The Balaban J connectivity index is 3.92. The molecule has 0 N–H and O–H groups in total. The third kappa shape index (κ3) is 5.43. The Morgan fingerprint density at radius 3 is 1.88 bits per heavy atom. The Hall–Kier alpha value is 0.0969. The SMILES string of the molecule is CCC[C@H](CC)CCC[Si](OC)(OC)OC. The summed E-state index contributed by atoms with van der Waals surface area (Å²) in [7, 11) is 2.73. The average Bonchev–Trinajstić information content (AvgIpc) is 2.34. The van der Waals surface area contributed by atoms with Gasteiger partial charge < -0.3 is 13.3 Å². The summed E-state index contributed by atoms with van der Waals surface area (Å²) in [6.07, 6.45) is 6.28. The van der Waals surface area contributed by atoms with Gasteiger partial charge in [-0.15, -0.1) is 0 Å². The van der Waals surface area contributed by atoms with Crippen molar-refractivity contribution in [2.45, 2.75) is 52.0 Å². The highest BCUT2D eigenvalue weighted by molar-refractivity contribution is 6.60. The molecule has 0 unspecified atom stereocenters. The summed E-state index contributed by atoms with van der Waals surface area (Å²) < 4.78 is 16.2. The van der Waals surface area contributed by atoms with E-state index < -0.39 is 8.80 Å². The molecule has 3 nitrogen and oxygen atoms in total. The van der Waals surface area contributed by atoms with E-state index >= 15 is 0 Å². The van der Waals surface area contributed by atoms with Crippen LogP contribution in [0.3, 0.4) is 0 Å². The Kier molecular flexibility index (Phi) is 9.22. The Labute approximate surface area is 102 Å². The van der Waals surface area contributed by atoms with Gasteiger partial charge in [0.15, 0.2) is 0 Å². The fraction of sp³-hybridized carbons (Fsp3) is 1.00. The lowest BCUT2D eigenvalue weighted by molar-refractivity contribution is 0.122. The van der Waals surface area contributed by atoms with Crippen LogP contribution in [0.5, 0.6) is 0 Å². The van der Waals surface area contributed by atoms with E-state index in [1.807, 2.05) is 0 Å². The topological polar surface area (TPSA) is 27.7 Å². The highest BCUT2D eigenvalue weighted by Gasteiger charge is 2.36. The van der Waals surface area contributed by atoms with Gasteiger partial charge in [-0.05, 0) is 12.3 Å². The minimum atomic E-state index is -2.32. The van der Waals surface area contributed by atoms with Crippen LogP contribution in [-0.2, 0) is 13.3 Å². The normalized spacial score (nSPS) is 14.1. The Morgan fingerprint density at radius 2 is 1.50 bits per heavy atom. The molecule has 4 heteroatoms. The molecule has 0 bridgehead atoms. The van der Waals surface area contributed by atoms with Gasteiger partial charge in [-0.1, -0.05) is 39.5 Å². The highest BCUT2D eigenvalue weighted by Crippen LogP contribution is 2.22. The monoisotopic (exact) mass is 248 g/mol. The first-order valence-electron chi connectivity index (χ1n) is 6.33. The van der Waals surface area contributed by atoms with Gasteiger partial charge in [0.1, 0.15) is 0 Å². The molecule has 0 heterocycles. The number of rotatable bonds is 10. The zero-order valence-electron chi connectivity index (χ0n) is 11.5. The maximum absolute atomic E-state index is 5.41. The third-order valence-electron chi connectivity index (χ3n) is 3.30. The minimum absolute atomic E-state index is 0.849. The van der Waals surface area contributed by atoms with Crippen molar-refractivity contribution in [3.8, 4) is 0 Å². The lowest BCUT2D eigenvalue weighted by atomic mass is 9.96. The maximum Gasteiger partial charge on any atom is 0.500 e. The fourth-order valence-electron chi connectivity index (χ4n) is 2.12. The van der Waals surface area contributed by atoms with E-state index in [9.17, 15) is 0 Å². The standard InChI is InChI=1S/C12H28O3Si/c1-6-9-12(7-2)10-8-11-16(13-3,14-4)15-5/h12H,6-11H2,1-5H3/t12-/m0/s1. The summed E-state index contributed by atoms with van der Waals surface area (Å²) in [6.45, 7) is 4.52. The van der Waals surface area contributed by atoms with Crippen LogP contribution in [0, 0.1) is 5.92 Å². The summed E-state index contributed by atoms with van der Waals surface area (Å²) in [5.41, 5.74) is 0. The summed E-state index contributed by atoms with van der Waals surface area (Å²) in [4.78, 5) is 0. The first kappa shape index (κ1) is 16.1. The molecule has 0 saturated carbocycles. The van der Waals surface area contributed by atoms with Crippen LogP contribution < -0.4 is 0 Å². The van der Waals surface area contributed by atoms with Crippen LogP contribution in [-0.4, -0.2) is 30.1 Å².